The number of hydrogen-bond donors (Lipinski definition) is 1. The maximum Gasteiger partial charge on any atom is 0.249 e. The zero-order valence-corrected chi connectivity index (χ0v) is 13.0. The van der Waals surface area contributed by atoms with Crippen molar-refractivity contribution in [3.8, 4) is 0 Å². The van der Waals surface area contributed by atoms with Gasteiger partial charge >= 0.3 is 0 Å². The number of methoxy groups -OCH3 is 1. The maximum atomic E-state index is 12.1. The van der Waals surface area contributed by atoms with Gasteiger partial charge in [-0.05, 0) is 31.0 Å². The molecule has 3 rings (SSSR count). The first kappa shape index (κ1) is 15.4. The lowest BCUT2D eigenvalue weighted by molar-refractivity contribution is -0.136. The summed E-state index contributed by atoms with van der Waals surface area (Å²) in [6.07, 6.45) is 5.27. The second-order valence-corrected chi connectivity index (χ2v) is 5.32. The Labute approximate surface area is 134 Å². The van der Waals surface area contributed by atoms with Gasteiger partial charge in [-0.25, -0.2) is 15.0 Å². The minimum absolute atomic E-state index is 0.00662. The summed E-state index contributed by atoms with van der Waals surface area (Å²) in [5.41, 5.74) is 0.834. The number of carbonyl (C=O) groups is 1. The third-order valence-corrected chi connectivity index (χ3v) is 3.76. The summed E-state index contributed by atoms with van der Waals surface area (Å²) in [5.74, 6) is 1.16. The molecule has 0 unspecified atom stereocenters. The van der Waals surface area contributed by atoms with Crippen LogP contribution in [-0.2, 0) is 9.53 Å². The van der Waals surface area contributed by atoms with Crippen LogP contribution in [0.2, 0.25) is 0 Å². The average Bonchev–Trinajstić information content (AvgIpc) is 3.06. The van der Waals surface area contributed by atoms with Crippen molar-refractivity contribution < 1.29 is 9.53 Å². The number of likely N-dealkylation sites (tertiary alicyclic amines) is 1. The standard InChI is InChI=1S/C16H19N5O2/c1-23-11-15(22)21-10-4-5-13(21)12-7-9-18-16(19-12)20-14-6-2-3-8-17-14/h2-3,6-9,13H,4-5,10-11H2,1H3,(H,17,18,19,20)/t13-/m1/s1. The molecule has 1 aliphatic heterocycles. The molecule has 7 nitrogen and oxygen atoms in total. The van der Waals surface area contributed by atoms with E-state index in [9.17, 15) is 4.79 Å². The number of nitrogens with zero attached hydrogens (tertiary/aromatic N) is 4. The summed E-state index contributed by atoms with van der Waals surface area (Å²) in [4.78, 5) is 26.9. The number of amides is 1. The van der Waals surface area contributed by atoms with E-state index in [4.69, 9.17) is 4.74 Å². The molecule has 0 aliphatic carbocycles. The minimum atomic E-state index is -0.0232. The fraction of sp³-hybridized carbons (Fsp3) is 0.375. The smallest absolute Gasteiger partial charge is 0.249 e. The predicted molar refractivity (Wildman–Crippen MR) is 85.1 cm³/mol. The van der Waals surface area contributed by atoms with Gasteiger partial charge in [-0.15, -0.1) is 0 Å². The lowest BCUT2D eigenvalue weighted by Crippen LogP contribution is -2.33. The van der Waals surface area contributed by atoms with Crippen LogP contribution in [0.5, 0.6) is 0 Å². The summed E-state index contributed by atoms with van der Waals surface area (Å²) in [6, 6.07) is 7.42. The third-order valence-electron chi connectivity index (χ3n) is 3.76. The van der Waals surface area contributed by atoms with Crippen LogP contribution in [0.3, 0.4) is 0 Å². The summed E-state index contributed by atoms with van der Waals surface area (Å²) in [5, 5.41) is 3.08. The molecule has 1 saturated heterocycles. The molecule has 23 heavy (non-hydrogen) atoms. The number of carbonyl (C=O) groups excluding carboxylic acids is 1. The van der Waals surface area contributed by atoms with Crippen LogP contribution in [0, 0.1) is 0 Å². The van der Waals surface area contributed by atoms with Crippen LogP contribution < -0.4 is 5.32 Å². The molecule has 0 saturated carbocycles. The Balaban J connectivity index is 1.77. The van der Waals surface area contributed by atoms with Crippen LogP contribution in [0.4, 0.5) is 11.8 Å². The van der Waals surface area contributed by atoms with Crippen molar-refractivity contribution in [2.24, 2.45) is 0 Å². The van der Waals surface area contributed by atoms with Gasteiger partial charge in [0.15, 0.2) is 0 Å². The van der Waals surface area contributed by atoms with E-state index >= 15 is 0 Å². The van der Waals surface area contributed by atoms with Crippen molar-refractivity contribution in [1.29, 1.82) is 0 Å². The number of anilines is 2. The third kappa shape index (κ3) is 3.62. The monoisotopic (exact) mass is 313 g/mol. The van der Waals surface area contributed by atoms with Crippen LogP contribution in [-0.4, -0.2) is 46.0 Å². The van der Waals surface area contributed by atoms with E-state index < -0.39 is 0 Å². The molecule has 1 atom stereocenters. The Hall–Kier alpha value is -2.54. The van der Waals surface area contributed by atoms with Crippen LogP contribution in [0.15, 0.2) is 36.7 Å². The van der Waals surface area contributed by atoms with Gasteiger partial charge in [0.05, 0.1) is 11.7 Å². The molecule has 3 heterocycles. The van der Waals surface area contributed by atoms with E-state index in [1.807, 2.05) is 29.2 Å². The molecule has 0 bridgehead atoms. The molecule has 1 amide bonds. The van der Waals surface area contributed by atoms with Gasteiger partial charge < -0.3 is 15.0 Å². The molecule has 1 fully saturated rings. The molecule has 1 N–H and O–H groups in total. The predicted octanol–water partition coefficient (Wildman–Crippen LogP) is 1.93. The fourth-order valence-electron chi connectivity index (χ4n) is 2.75. The minimum Gasteiger partial charge on any atom is -0.375 e. The Kier molecular flexibility index (Phi) is 4.77. The van der Waals surface area contributed by atoms with E-state index in [1.165, 1.54) is 7.11 Å². The topological polar surface area (TPSA) is 80.2 Å². The van der Waals surface area contributed by atoms with E-state index in [-0.39, 0.29) is 18.6 Å². The highest BCUT2D eigenvalue weighted by atomic mass is 16.5. The maximum absolute atomic E-state index is 12.1. The van der Waals surface area contributed by atoms with E-state index in [2.05, 4.69) is 20.3 Å². The number of nitrogens with one attached hydrogen (secondary N) is 1. The van der Waals surface area contributed by atoms with E-state index in [1.54, 1.807) is 12.4 Å². The van der Waals surface area contributed by atoms with Crippen molar-refractivity contribution in [3.05, 3.63) is 42.4 Å². The van der Waals surface area contributed by atoms with Gasteiger partial charge in [0.2, 0.25) is 11.9 Å². The van der Waals surface area contributed by atoms with Crippen molar-refractivity contribution in [1.82, 2.24) is 19.9 Å². The normalized spacial score (nSPS) is 17.3. The van der Waals surface area contributed by atoms with Crippen molar-refractivity contribution in [3.63, 3.8) is 0 Å². The highest BCUT2D eigenvalue weighted by molar-refractivity contribution is 5.78. The molecular formula is C16H19N5O2. The molecule has 2 aromatic rings. The lowest BCUT2D eigenvalue weighted by Gasteiger charge is -2.24. The average molecular weight is 313 g/mol. The van der Waals surface area contributed by atoms with Crippen LogP contribution >= 0.6 is 0 Å². The Bertz CT molecular complexity index is 665. The number of hydrogen-bond acceptors (Lipinski definition) is 6. The molecule has 1 aliphatic rings. The van der Waals surface area contributed by atoms with E-state index in [0.29, 0.717) is 11.8 Å². The van der Waals surface area contributed by atoms with Gasteiger partial charge in [0, 0.05) is 26.0 Å². The molecule has 0 spiro atoms. The molecule has 0 radical (unpaired) electrons. The second-order valence-electron chi connectivity index (χ2n) is 5.32. The highest BCUT2D eigenvalue weighted by Crippen LogP contribution is 2.31. The van der Waals surface area contributed by atoms with Gasteiger partial charge in [0.1, 0.15) is 12.4 Å². The summed E-state index contributed by atoms with van der Waals surface area (Å²) >= 11 is 0. The fourth-order valence-corrected chi connectivity index (χ4v) is 2.75. The van der Waals surface area contributed by atoms with Crippen molar-refractivity contribution in [2.75, 3.05) is 25.6 Å². The van der Waals surface area contributed by atoms with Gasteiger partial charge in [-0.1, -0.05) is 6.07 Å². The van der Waals surface area contributed by atoms with Crippen LogP contribution in [0.25, 0.3) is 0 Å². The van der Waals surface area contributed by atoms with Crippen LogP contribution in [0.1, 0.15) is 24.6 Å². The first-order valence-electron chi connectivity index (χ1n) is 7.57. The second kappa shape index (κ2) is 7.15. The van der Waals surface area contributed by atoms with Crippen molar-refractivity contribution in [2.45, 2.75) is 18.9 Å². The summed E-state index contributed by atoms with van der Waals surface area (Å²) in [6.45, 7) is 0.834. The quantitative estimate of drug-likeness (QED) is 0.908. The van der Waals surface area contributed by atoms with E-state index in [0.717, 1.165) is 25.1 Å². The Morgan fingerprint density at radius 2 is 2.26 bits per heavy atom. The zero-order chi connectivity index (χ0) is 16.1. The first-order chi connectivity index (χ1) is 11.3. The Morgan fingerprint density at radius 1 is 1.35 bits per heavy atom. The highest BCUT2D eigenvalue weighted by Gasteiger charge is 2.30. The lowest BCUT2D eigenvalue weighted by atomic mass is 10.1. The molecule has 2 aromatic heterocycles. The zero-order valence-electron chi connectivity index (χ0n) is 13.0. The molecule has 120 valence electrons. The number of pyridine rings is 1. The molecule has 7 heteroatoms. The van der Waals surface area contributed by atoms with Gasteiger partial charge in [-0.2, -0.15) is 0 Å². The number of rotatable bonds is 5. The number of aromatic nitrogens is 3. The molecule has 0 aromatic carbocycles. The van der Waals surface area contributed by atoms with Gasteiger partial charge in [-0.3, -0.25) is 4.79 Å². The number of ether oxygens (including phenoxy) is 1. The summed E-state index contributed by atoms with van der Waals surface area (Å²) in [7, 11) is 1.53. The SMILES string of the molecule is COCC(=O)N1CCC[C@@H]1c1ccnc(Nc2ccccn2)n1. The van der Waals surface area contributed by atoms with Crippen molar-refractivity contribution >= 4 is 17.7 Å². The first-order valence-corrected chi connectivity index (χ1v) is 7.57. The van der Waals surface area contributed by atoms with Gasteiger partial charge in [0.25, 0.3) is 0 Å². The largest absolute Gasteiger partial charge is 0.375 e. The Morgan fingerprint density at radius 3 is 3.04 bits per heavy atom. The summed E-state index contributed by atoms with van der Waals surface area (Å²) < 4.78 is 4.96. The molecular weight excluding hydrogens is 294 g/mol.